The van der Waals surface area contributed by atoms with E-state index in [2.05, 4.69) is 31.0 Å². The number of nitrogens with one attached hydrogen (secondary N) is 1. The maximum absolute atomic E-state index is 13.0. The monoisotopic (exact) mass is 433 g/mol. The van der Waals surface area contributed by atoms with E-state index in [1.807, 2.05) is 0 Å². The van der Waals surface area contributed by atoms with E-state index in [0.29, 0.717) is 29.6 Å². The number of carbonyl (C=O) groups excluding carboxylic acids is 1. The van der Waals surface area contributed by atoms with Gasteiger partial charge in [0.1, 0.15) is 5.75 Å². The number of carbonyl (C=O) groups is 1. The average Bonchev–Trinajstić information content (AvgIpc) is 2.75. The number of nitrogens with zero attached hydrogens (tertiary/aromatic N) is 2. The number of methoxy groups -OCH3 is 1. The third kappa shape index (κ3) is 5.73. The van der Waals surface area contributed by atoms with Gasteiger partial charge in [-0.25, -0.2) is 8.42 Å². The average molecular weight is 434 g/mol. The summed E-state index contributed by atoms with van der Waals surface area (Å²) in [6, 6.07) is 13.2. The highest BCUT2D eigenvalue weighted by Gasteiger charge is 2.22. The maximum Gasteiger partial charge on any atom is 0.264 e. The van der Waals surface area contributed by atoms with Crippen molar-refractivity contribution < 1.29 is 17.9 Å². The highest BCUT2D eigenvalue weighted by molar-refractivity contribution is 7.92. The molecule has 0 aromatic heterocycles. The smallest absolute Gasteiger partial charge is 0.264 e. The summed E-state index contributed by atoms with van der Waals surface area (Å²) in [6.07, 6.45) is 0. The molecule has 0 unspecified atom stereocenters. The predicted octanol–water partition coefficient (Wildman–Crippen LogP) is 2.98. The van der Waals surface area contributed by atoms with Crippen molar-refractivity contribution in [2.45, 2.75) is 31.7 Å². The third-order valence-electron chi connectivity index (χ3n) is 5.01. The van der Waals surface area contributed by atoms with Crippen LogP contribution in [0.4, 0.5) is 5.69 Å². The molecule has 2 aromatic rings. The number of hydrogen-bond acceptors (Lipinski definition) is 5. The van der Waals surface area contributed by atoms with Crippen molar-refractivity contribution in [1.82, 2.24) is 10.2 Å². The van der Waals surface area contributed by atoms with Crippen molar-refractivity contribution >= 4 is 21.6 Å². The van der Waals surface area contributed by atoms with Crippen molar-refractivity contribution in [3.63, 3.8) is 0 Å². The van der Waals surface area contributed by atoms with Gasteiger partial charge in [0.05, 0.1) is 17.7 Å². The molecule has 0 saturated heterocycles. The fraction of sp³-hybridized carbons (Fsp3) is 0.409. The van der Waals surface area contributed by atoms with Gasteiger partial charge < -0.3 is 10.1 Å². The molecular weight excluding hydrogens is 402 g/mol. The fourth-order valence-corrected chi connectivity index (χ4v) is 4.33. The molecule has 0 aliphatic carbocycles. The predicted molar refractivity (Wildman–Crippen MR) is 120 cm³/mol. The zero-order valence-electron chi connectivity index (χ0n) is 18.3. The largest absolute Gasteiger partial charge is 0.497 e. The van der Waals surface area contributed by atoms with E-state index >= 15 is 0 Å². The van der Waals surface area contributed by atoms with E-state index < -0.39 is 10.0 Å². The summed E-state index contributed by atoms with van der Waals surface area (Å²) in [5.41, 5.74) is 0.811. The maximum atomic E-state index is 13.0. The van der Waals surface area contributed by atoms with Crippen LogP contribution in [0.25, 0.3) is 0 Å². The highest BCUT2D eigenvalue weighted by Crippen LogP contribution is 2.24. The molecular formula is C22H31N3O4S. The first kappa shape index (κ1) is 23.7. The lowest BCUT2D eigenvalue weighted by Gasteiger charge is -2.24. The Bertz CT molecular complexity index is 943. The van der Waals surface area contributed by atoms with E-state index in [1.165, 1.54) is 23.5 Å². The molecule has 2 aromatic carbocycles. The van der Waals surface area contributed by atoms with Gasteiger partial charge in [-0.15, -0.1) is 0 Å². The van der Waals surface area contributed by atoms with Crippen molar-refractivity contribution in [2.75, 3.05) is 38.1 Å². The minimum atomic E-state index is -3.81. The lowest BCUT2D eigenvalue weighted by Crippen LogP contribution is -2.38. The standard InChI is InChI=1S/C22H31N3O4S/c1-6-25(17(2)3)15-14-23-22(26)18-8-7-9-21(16-18)30(27,28)24(4)19-10-12-20(29-5)13-11-19/h7-13,16-17H,6,14-15H2,1-5H3,(H,23,26). The van der Waals surface area contributed by atoms with Gasteiger partial charge in [0, 0.05) is 31.7 Å². The van der Waals surface area contributed by atoms with Crippen LogP contribution in [0.15, 0.2) is 53.4 Å². The minimum absolute atomic E-state index is 0.0610. The van der Waals surface area contributed by atoms with Crippen LogP contribution in [-0.4, -0.2) is 59.1 Å². The third-order valence-corrected chi connectivity index (χ3v) is 6.79. The van der Waals surface area contributed by atoms with Crippen LogP contribution < -0.4 is 14.4 Å². The number of rotatable bonds is 10. The molecule has 0 fully saturated rings. The molecule has 0 radical (unpaired) electrons. The van der Waals surface area contributed by atoms with Crippen molar-refractivity contribution in [2.24, 2.45) is 0 Å². The Morgan fingerprint density at radius 3 is 2.37 bits per heavy atom. The number of likely N-dealkylation sites (N-methyl/N-ethyl adjacent to an activating group) is 1. The van der Waals surface area contributed by atoms with Gasteiger partial charge in [0.15, 0.2) is 0 Å². The first-order chi connectivity index (χ1) is 14.2. The lowest BCUT2D eigenvalue weighted by molar-refractivity contribution is 0.0945. The van der Waals surface area contributed by atoms with Crippen LogP contribution in [0.1, 0.15) is 31.1 Å². The zero-order chi connectivity index (χ0) is 22.3. The van der Waals surface area contributed by atoms with Gasteiger partial charge in [-0.3, -0.25) is 14.0 Å². The molecule has 8 heteroatoms. The first-order valence-corrected chi connectivity index (χ1v) is 11.4. The molecule has 2 rings (SSSR count). The van der Waals surface area contributed by atoms with E-state index in [9.17, 15) is 13.2 Å². The highest BCUT2D eigenvalue weighted by atomic mass is 32.2. The molecule has 0 atom stereocenters. The fourth-order valence-electron chi connectivity index (χ4n) is 3.08. The SMILES string of the molecule is CCN(CCNC(=O)c1cccc(S(=O)(=O)N(C)c2ccc(OC)cc2)c1)C(C)C. The van der Waals surface area contributed by atoms with Gasteiger partial charge in [-0.2, -0.15) is 0 Å². The second kappa shape index (κ2) is 10.4. The normalized spacial score (nSPS) is 11.6. The van der Waals surface area contributed by atoms with Gasteiger partial charge in [0.25, 0.3) is 15.9 Å². The lowest BCUT2D eigenvalue weighted by atomic mass is 10.2. The van der Waals surface area contributed by atoms with Gasteiger partial charge in [0.2, 0.25) is 0 Å². The van der Waals surface area contributed by atoms with Gasteiger partial charge in [-0.05, 0) is 62.9 Å². The van der Waals surface area contributed by atoms with Crippen LogP contribution in [-0.2, 0) is 10.0 Å². The summed E-state index contributed by atoms with van der Waals surface area (Å²) in [5.74, 6) is 0.348. The summed E-state index contributed by atoms with van der Waals surface area (Å²) in [4.78, 5) is 14.8. The Morgan fingerprint density at radius 2 is 1.80 bits per heavy atom. The Morgan fingerprint density at radius 1 is 1.13 bits per heavy atom. The Labute approximate surface area is 179 Å². The molecule has 0 aliphatic rings. The van der Waals surface area contributed by atoms with Crippen molar-refractivity contribution in [3.05, 3.63) is 54.1 Å². The van der Waals surface area contributed by atoms with Crippen LogP contribution in [0.2, 0.25) is 0 Å². The summed E-state index contributed by atoms with van der Waals surface area (Å²) >= 11 is 0. The number of benzene rings is 2. The molecule has 30 heavy (non-hydrogen) atoms. The summed E-state index contributed by atoms with van der Waals surface area (Å²) in [6.45, 7) is 8.43. The van der Waals surface area contributed by atoms with Crippen LogP contribution in [0.5, 0.6) is 5.75 Å². The van der Waals surface area contributed by atoms with E-state index in [1.54, 1.807) is 43.5 Å². The number of amides is 1. The second-order valence-electron chi connectivity index (χ2n) is 7.18. The molecule has 7 nitrogen and oxygen atoms in total. The number of hydrogen-bond donors (Lipinski definition) is 1. The van der Waals surface area contributed by atoms with E-state index in [-0.39, 0.29) is 10.8 Å². The molecule has 0 heterocycles. The Kier molecular flexibility index (Phi) is 8.25. The van der Waals surface area contributed by atoms with Gasteiger partial charge >= 0.3 is 0 Å². The Hall–Kier alpha value is -2.58. The zero-order valence-corrected chi connectivity index (χ0v) is 19.1. The van der Waals surface area contributed by atoms with E-state index in [0.717, 1.165) is 13.1 Å². The van der Waals surface area contributed by atoms with E-state index in [4.69, 9.17) is 4.74 Å². The van der Waals surface area contributed by atoms with Crippen LogP contribution in [0, 0.1) is 0 Å². The van der Waals surface area contributed by atoms with Crippen molar-refractivity contribution in [1.29, 1.82) is 0 Å². The van der Waals surface area contributed by atoms with Crippen molar-refractivity contribution in [3.8, 4) is 5.75 Å². The molecule has 0 bridgehead atoms. The molecule has 0 spiro atoms. The minimum Gasteiger partial charge on any atom is -0.497 e. The molecule has 0 aliphatic heterocycles. The molecule has 0 saturated carbocycles. The second-order valence-corrected chi connectivity index (χ2v) is 9.15. The summed E-state index contributed by atoms with van der Waals surface area (Å²) in [5, 5.41) is 2.87. The van der Waals surface area contributed by atoms with Gasteiger partial charge in [-0.1, -0.05) is 13.0 Å². The summed E-state index contributed by atoms with van der Waals surface area (Å²) in [7, 11) is -0.781. The number of ether oxygens (including phenoxy) is 1. The molecule has 1 amide bonds. The first-order valence-electron chi connectivity index (χ1n) is 9.96. The molecule has 164 valence electrons. The molecule has 1 N–H and O–H groups in total. The quantitative estimate of drug-likeness (QED) is 0.623. The van der Waals surface area contributed by atoms with Crippen LogP contribution in [0.3, 0.4) is 0 Å². The summed E-state index contributed by atoms with van der Waals surface area (Å²) < 4.78 is 32.4. The number of sulfonamides is 1. The Balaban J connectivity index is 2.13. The topological polar surface area (TPSA) is 79.0 Å². The van der Waals surface area contributed by atoms with Crippen LogP contribution >= 0.6 is 0 Å². The number of anilines is 1.